The molecule has 0 aliphatic rings. The molecule has 98 valence electrons. The quantitative estimate of drug-likeness (QED) is 0.785. The molecule has 19 heavy (non-hydrogen) atoms. The number of benzene rings is 1. The lowest BCUT2D eigenvalue weighted by Gasteiger charge is -2.02. The summed E-state index contributed by atoms with van der Waals surface area (Å²) in [6, 6.07) is 10.3. The number of hydrogen-bond acceptors (Lipinski definition) is 4. The summed E-state index contributed by atoms with van der Waals surface area (Å²) in [5.74, 6) is 0. The largest absolute Gasteiger partial charge is 0.326 e. The number of pyridine rings is 1. The minimum atomic E-state index is 0. The lowest BCUT2D eigenvalue weighted by Crippen LogP contribution is -1.96. The van der Waals surface area contributed by atoms with Crippen LogP contribution < -0.4 is 5.73 Å². The van der Waals surface area contributed by atoms with Gasteiger partial charge in [-0.05, 0) is 30.7 Å². The molecule has 3 nitrogen and oxygen atoms in total. The van der Waals surface area contributed by atoms with Gasteiger partial charge in [0.1, 0.15) is 0 Å². The number of aromatic nitrogens is 2. The summed E-state index contributed by atoms with van der Waals surface area (Å²) in [7, 11) is 0. The van der Waals surface area contributed by atoms with Gasteiger partial charge in [-0.2, -0.15) is 0 Å². The molecule has 0 atom stereocenters. The van der Waals surface area contributed by atoms with Crippen LogP contribution in [0.2, 0.25) is 0 Å². The third-order valence-corrected chi connectivity index (χ3v) is 3.80. The fourth-order valence-electron chi connectivity index (χ4n) is 1.92. The zero-order valence-corrected chi connectivity index (χ0v) is 12.1. The molecule has 0 radical (unpaired) electrons. The maximum absolute atomic E-state index is 5.57. The third kappa shape index (κ3) is 2.76. The summed E-state index contributed by atoms with van der Waals surface area (Å²) in [5.41, 5.74) is 9.71. The first kappa shape index (κ1) is 13.9. The van der Waals surface area contributed by atoms with Crippen molar-refractivity contribution in [2.75, 3.05) is 0 Å². The van der Waals surface area contributed by atoms with Crippen LogP contribution in [-0.2, 0) is 6.54 Å². The Hall–Kier alpha value is -1.49. The average Bonchev–Trinajstić information content (AvgIpc) is 2.78. The highest BCUT2D eigenvalue weighted by Crippen LogP contribution is 2.26. The molecule has 2 heterocycles. The van der Waals surface area contributed by atoms with E-state index < -0.39 is 0 Å². The molecule has 0 aliphatic carbocycles. The minimum absolute atomic E-state index is 0. The van der Waals surface area contributed by atoms with Gasteiger partial charge in [-0.3, -0.25) is 4.98 Å². The Bertz CT molecular complexity index is 691. The summed E-state index contributed by atoms with van der Waals surface area (Å²) < 4.78 is 1.22. The number of aryl methyl sites for hydroxylation is 1. The predicted molar refractivity (Wildman–Crippen MR) is 82.7 cm³/mol. The molecule has 0 spiro atoms. The van der Waals surface area contributed by atoms with Gasteiger partial charge in [0.2, 0.25) is 0 Å². The molecular weight excluding hydrogens is 278 g/mol. The standard InChI is InChI=1S/C14H13N3S.ClH/c1-9-17-13-6-11(3-5-14(13)18-9)12-4-2-10(7-15)8-16-12;/h2-6,8H,7,15H2,1H3;1H. The van der Waals surface area contributed by atoms with Crippen molar-refractivity contribution in [1.82, 2.24) is 9.97 Å². The van der Waals surface area contributed by atoms with E-state index in [0.717, 1.165) is 27.3 Å². The van der Waals surface area contributed by atoms with E-state index in [1.165, 1.54) is 4.70 Å². The van der Waals surface area contributed by atoms with E-state index in [2.05, 4.69) is 28.2 Å². The van der Waals surface area contributed by atoms with Crippen molar-refractivity contribution in [1.29, 1.82) is 0 Å². The topological polar surface area (TPSA) is 51.8 Å². The molecule has 0 saturated heterocycles. The van der Waals surface area contributed by atoms with Crippen LogP contribution in [0, 0.1) is 6.92 Å². The Morgan fingerprint density at radius 3 is 2.74 bits per heavy atom. The average molecular weight is 292 g/mol. The van der Waals surface area contributed by atoms with E-state index in [4.69, 9.17) is 5.73 Å². The van der Waals surface area contributed by atoms with Gasteiger partial charge < -0.3 is 5.73 Å². The Morgan fingerprint density at radius 2 is 2.05 bits per heavy atom. The molecule has 0 saturated carbocycles. The van der Waals surface area contributed by atoms with Gasteiger partial charge in [-0.25, -0.2) is 4.98 Å². The van der Waals surface area contributed by atoms with Crippen molar-refractivity contribution in [3.63, 3.8) is 0 Å². The third-order valence-electron chi connectivity index (χ3n) is 2.85. The predicted octanol–water partition coefficient (Wildman–Crippen LogP) is 3.55. The van der Waals surface area contributed by atoms with Gasteiger partial charge in [0.15, 0.2) is 0 Å². The van der Waals surface area contributed by atoms with Crippen molar-refractivity contribution in [2.45, 2.75) is 13.5 Å². The summed E-state index contributed by atoms with van der Waals surface area (Å²) in [6.45, 7) is 2.55. The fraction of sp³-hybridized carbons (Fsp3) is 0.143. The normalized spacial score (nSPS) is 10.4. The SMILES string of the molecule is Cc1nc2cc(-c3ccc(CN)cn3)ccc2s1.Cl. The lowest BCUT2D eigenvalue weighted by atomic mass is 10.1. The van der Waals surface area contributed by atoms with Gasteiger partial charge in [0.05, 0.1) is 20.9 Å². The highest BCUT2D eigenvalue weighted by Gasteiger charge is 2.04. The van der Waals surface area contributed by atoms with Crippen LogP contribution in [-0.4, -0.2) is 9.97 Å². The number of fused-ring (bicyclic) bond motifs is 1. The molecule has 0 unspecified atom stereocenters. The van der Waals surface area contributed by atoms with Gasteiger partial charge in [-0.15, -0.1) is 23.7 Å². The van der Waals surface area contributed by atoms with Crippen LogP contribution in [0.4, 0.5) is 0 Å². The van der Waals surface area contributed by atoms with E-state index in [1.54, 1.807) is 11.3 Å². The van der Waals surface area contributed by atoms with Crippen LogP contribution >= 0.6 is 23.7 Å². The van der Waals surface area contributed by atoms with Crippen LogP contribution in [0.5, 0.6) is 0 Å². The summed E-state index contributed by atoms with van der Waals surface area (Å²) in [4.78, 5) is 8.93. The van der Waals surface area contributed by atoms with E-state index >= 15 is 0 Å². The number of hydrogen-bond donors (Lipinski definition) is 1. The van der Waals surface area contributed by atoms with Gasteiger partial charge in [0.25, 0.3) is 0 Å². The van der Waals surface area contributed by atoms with E-state index in [1.807, 2.05) is 25.3 Å². The number of nitrogens with zero attached hydrogens (tertiary/aromatic N) is 2. The van der Waals surface area contributed by atoms with Crippen LogP contribution in [0.3, 0.4) is 0 Å². The molecule has 5 heteroatoms. The van der Waals surface area contributed by atoms with Gasteiger partial charge in [-0.1, -0.05) is 12.1 Å². The van der Waals surface area contributed by atoms with Crippen molar-refractivity contribution in [3.8, 4) is 11.3 Å². The Kier molecular flexibility index (Phi) is 4.14. The smallest absolute Gasteiger partial charge is 0.0907 e. The summed E-state index contributed by atoms with van der Waals surface area (Å²) >= 11 is 1.71. The number of nitrogens with two attached hydrogens (primary N) is 1. The number of thiazole rings is 1. The van der Waals surface area contributed by atoms with Crippen LogP contribution in [0.15, 0.2) is 36.5 Å². The van der Waals surface area contributed by atoms with Crippen molar-refractivity contribution in [3.05, 3.63) is 47.1 Å². The number of halogens is 1. The molecule has 1 aromatic carbocycles. The molecule has 0 amide bonds. The molecule has 0 fully saturated rings. The second-order valence-corrected chi connectivity index (χ2v) is 5.41. The first-order valence-electron chi connectivity index (χ1n) is 5.79. The minimum Gasteiger partial charge on any atom is -0.326 e. The molecule has 3 rings (SSSR count). The van der Waals surface area contributed by atoms with Crippen LogP contribution in [0.1, 0.15) is 10.6 Å². The monoisotopic (exact) mass is 291 g/mol. The van der Waals surface area contributed by atoms with E-state index in [9.17, 15) is 0 Å². The van der Waals surface area contributed by atoms with Crippen molar-refractivity contribution in [2.24, 2.45) is 5.73 Å². The molecule has 0 aliphatic heterocycles. The molecule has 2 aromatic heterocycles. The number of rotatable bonds is 2. The Morgan fingerprint density at radius 1 is 1.21 bits per heavy atom. The second kappa shape index (κ2) is 5.65. The van der Waals surface area contributed by atoms with E-state index in [-0.39, 0.29) is 12.4 Å². The van der Waals surface area contributed by atoms with Crippen molar-refractivity contribution >= 4 is 34.0 Å². The summed E-state index contributed by atoms with van der Waals surface area (Å²) in [6.07, 6.45) is 1.83. The van der Waals surface area contributed by atoms with Crippen LogP contribution in [0.25, 0.3) is 21.5 Å². The maximum Gasteiger partial charge on any atom is 0.0907 e. The van der Waals surface area contributed by atoms with E-state index in [0.29, 0.717) is 6.54 Å². The Balaban J connectivity index is 0.00000133. The first-order chi connectivity index (χ1) is 8.76. The molecular formula is C14H14ClN3S. The zero-order chi connectivity index (χ0) is 12.5. The van der Waals surface area contributed by atoms with Gasteiger partial charge in [0, 0.05) is 18.3 Å². The van der Waals surface area contributed by atoms with Gasteiger partial charge >= 0.3 is 0 Å². The zero-order valence-electron chi connectivity index (χ0n) is 10.5. The fourth-order valence-corrected chi connectivity index (χ4v) is 2.73. The lowest BCUT2D eigenvalue weighted by molar-refractivity contribution is 1.05. The Labute approximate surface area is 121 Å². The highest BCUT2D eigenvalue weighted by atomic mass is 35.5. The highest BCUT2D eigenvalue weighted by molar-refractivity contribution is 7.18. The van der Waals surface area contributed by atoms with Crippen molar-refractivity contribution < 1.29 is 0 Å². The molecule has 2 N–H and O–H groups in total. The molecule has 0 bridgehead atoms. The molecule has 3 aromatic rings. The second-order valence-electron chi connectivity index (χ2n) is 4.17. The first-order valence-corrected chi connectivity index (χ1v) is 6.60. The maximum atomic E-state index is 5.57. The summed E-state index contributed by atoms with van der Waals surface area (Å²) in [5, 5.41) is 1.09.